The smallest absolute Gasteiger partial charge is 0.00491 e. The molecule has 0 radical (unpaired) electrons. The molecule has 2 heteroatoms. The second-order valence-electron chi connectivity index (χ2n) is 3.97. The van der Waals surface area contributed by atoms with Crippen LogP contribution in [0.15, 0.2) is 11.4 Å². The quantitative estimate of drug-likeness (QED) is 0.771. The van der Waals surface area contributed by atoms with E-state index in [4.69, 9.17) is 5.73 Å². The molecule has 2 atom stereocenters. The van der Waals surface area contributed by atoms with E-state index in [2.05, 4.69) is 18.4 Å². The minimum absolute atomic E-state index is 0.744. The first kappa shape index (κ1) is 9.22. The molecule has 0 saturated heterocycles. The van der Waals surface area contributed by atoms with Crippen molar-refractivity contribution >= 4 is 11.3 Å². The van der Waals surface area contributed by atoms with Crippen molar-refractivity contribution in [2.24, 2.45) is 11.7 Å². The van der Waals surface area contributed by atoms with Crippen LogP contribution in [0.3, 0.4) is 0 Å². The van der Waals surface area contributed by atoms with Crippen LogP contribution in [0.1, 0.15) is 35.6 Å². The van der Waals surface area contributed by atoms with E-state index in [1.165, 1.54) is 24.1 Å². The van der Waals surface area contributed by atoms with Gasteiger partial charge in [0.25, 0.3) is 0 Å². The van der Waals surface area contributed by atoms with Crippen LogP contribution in [0, 0.1) is 12.8 Å². The lowest BCUT2D eigenvalue weighted by molar-refractivity contribution is 0.496. The zero-order valence-electron chi connectivity index (χ0n) is 8.12. The second kappa shape index (κ2) is 3.81. The van der Waals surface area contributed by atoms with Gasteiger partial charge in [0.15, 0.2) is 0 Å². The summed E-state index contributed by atoms with van der Waals surface area (Å²) in [4.78, 5) is 1.49. The van der Waals surface area contributed by atoms with Crippen LogP contribution in [0.4, 0.5) is 0 Å². The Morgan fingerprint density at radius 2 is 2.38 bits per heavy atom. The number of hydrogen-bond donors (Lipinski definition) is 1. The van der Waals surface area contributed by atoms with E-state index in [1.807, 2.05) is 11.3 Å². The molecule has 1 aromatic heterocycles. The lowest BCUT2D eigenvalue weighted by atomic mass is 9.89. The van der Waals surface area contributed by atoms with Crippen molar-refractivity contribution in [1.29, 1.82) is 0 Å². The molecule has 1 aromatic rings. The van der Waals surface area contributed by atoms with Crippen molar-refractivity contribution < 1.29 is 0 Å². The Morgan fingerprint density at radius 1 is 1.54 bits per heavy atom. The predicted molar refractivity (Wildman–Crippen MR) is 58.2 cm³/mol. The van der Waals surface area contributed by atoms with Gasteiger partial charge >= 0.3 is 0 Å². The summed E-state index contributed by atoms with van der Waals surface area (Å²) in [7, 11) is 0. The largest absolute Gasteiger partial charge is 0.330 e. The van der Waals surface area contributed by atoms with Crippen molar-refractivity contribution in [3.63, 3.8) is 0 Å². The molecule has 1 nitrogen and oxygen atoms in total. The Labute approximate surface area is 84.0 Å². The molecule has 1 aliphatic carbocycles. The highest BCUT2D eigenvalue weighted by Gasteiger charge is 2.28. The first-order chi connectivity index (χ1) is 6.33. The van der Waals surface area contributed by atoms with Gasteiger partial charge in [0, 0.05) is 4.88 Å². The van der Waals surface area contributed by atoms with E-state index in [0.29, 0.717) is 0 Å². The maximum absolute atomic E-state index is 5.78. The molecule has 0 aromatic carbocycles. The van der Waals surface area contributed by atoms with Crippen LogP contribution in [0.2, 0.25) is 0 Å². The van der Waals surface area contributed by atoms with Gasteiger partial charge in [-0.1, -0.05) is 6.42 Å². The lowest BCUT2D eigenvalue weighted by Gasteiger charge is -2.17. The van der Waals surface area contributed by atoms with E-state index in [-0.39, 0.29) is 0 Å². The van der Waals surface area contributed by atoms with Crippen LogP contribution in [0.5, 0.6) is 0 Å². The van der Waals surface area contributed by atoms with E-state index in [0.717, 1.165) is 18.4 Å². The van der Waals surface area contributed by atoms with Crippen LogP contribution >= 0.6 is 11.3 Å². The first-order valence-electron chi connectivity index (χ1n) is 5.07. The zero-order valence-corrected chi connectivity index (χ0v) is 8.94. The standard InChI is InChI=1S/C11H17NS/c1-8-10(5-6-13-8)11-4-2-3-9(11)7-12/h5-6,9,11H,2-4,7,12H2,1H3. The molecule has 0 aliphatic heterocycles. The molecule has 0 amide bonds. The van der Waals surface area contributed by atoms with Crippen molar-refractivity contribution in [1.82, 2.24) is 0 Å². The summed E-state index contributed by atoms with van der Waals surface area (Å²) in [6.07, 6.45) is 4.04. The average Bonchev–Trinajstić information content (AvgIpc) is 2.71. The number of hydrogen-bond acceptors (Lipinski definition) is 2. The van der Waals surface area contributed by atoms with E-state index in [1.54, 1.807) is 5.56 Å². The molecule has 13 heavy (non-hydrogen) atoms. The van der Waals surface area contributed by atoms with Crippen molar-refractivity contribution in [3.05, 3.63) is 21.9 Å². The van der Waals surface area contributed by atoms with E-state index in [9.17, 15) is 0 Å². The minimum Gasteiger partial charge on any atom is -0.330 e. The minimum atomic E-state index is 0.744. The van der Waals surface area contributed by atoms with Crippen molar-refractivity contribution in [3.8, 4) is 0 Å². The highest BCUT2D eigenvalue weighted by Crippen LogP contribution is 2.41. The summed E-state index contributed by atoms with van der Waals surface area (Å²) in [5.74, 6) is 1.50. The third-order valence-corrected chi connectivity index (χ3v) is 4.12. The van der Waals surface area contributed by atoms with Crippen LogP contribution in [-0.4, -0.2) is 6.54 Å². The molecule has 2 unspecified atom stereocenters. The van der Waals surface area contributed by atoms with Crippen LogP contribution in [0.25, 0.3) is 0 Å². The Morgan fingerprint density at radius 3 is 3.00 bits per heavy atom. The zero-order chi connectivity index (χ0) is 9.26. The third kappa shape index (κ3) is 1.65. The molecule has 1 saturated carbocycles. The van der Waals surface area contributed by atoms with Gasteiger partial charge in [0.1, 0.15) is 0 Å². The van der Waals surface area contributed by atoms with Gasteiger partial charge in [-0.3, -0.25) is 0 Å². The molecule has 1 aliphatic rings. The van der Waals surface area contributed by atoms with Gasteiger partial charge in [-0.2, -0.15) is 0 Å². The predicted octanol–water partition coefficient (Wildman–Crippen LogP) is 2.90. The molecular weight excluding hydrogens is 178 g/mol. The molecule has 0 bridgehead atoms. The summed E-state index contributed by atoms with van der Waals surface area (Å²) in [6.45, 7) is 3.09. The van der Waals surface area contributed by atoms with Crippen LogP contribution in [-0.2, 0) is 0 Å². The fourth-order valence-corrected chi connectivity index (χ4v) is 3.28. The lowest BCUT2D eigenvalue weighted by Crippen LogP contribution is -2.17. The van der Waals surface area contributed by atoms with Gasteiger partial charge in [-0.25, -0.2) is 0 Å². The number of aryl methyl sites for hydroxylation is 1. The Bertz CT molecular complexity index is 279. The van der Waals surface area contributed by atoms with Gasteiger partial charge in [0.05, 0.1) is 0 Å². The molecule has 2 N–H and O–H groups in total. The summed E-state index contributed by atoms with van der Waals surface area (Å²) in [5.41, 5.74) is 7.35. The summed E-state index contributed by atoms with van der Waals surface area (Å²) in [6, 6.07) is 2.29. The van der Waals surface area contributed by atoms with Gasteiger partial charge in [0.2, 0.25) is 0 Å². The van der Waals surface area contributed by atoms with Gasteiger partial charge in [-0.05, 0) is 55.2 Å². The number of thiophene rings is 1. The second-order valence-corrected chi connectivity index (χ2v) is 5.09. The third-order valence-electron chi connectivity index (χ3n) is 3.26. The fraction of sp³-hybridized carbons (Fsp3) is 0.636. The molecule has 1 heterocycles. The van der Waals surface area contributed by atoms with Crippen molar-refractivity contribution in [2.75, 3.05) is 6.54 Å². The number of rotatable bonds is 2. The topological polar surface area (TPSA) is 26.0 Å². The van der Waals surface area contributed by atoms with E-state index < -0.39 is 0 Å². The monoisotopic (exact) mass is 195 g/mol. The Hall–Kier alpha value is -0.340. The molecular formula is C11H17NS. The van der Waals surface area contributed by atoms with E-state index >= 15 is 0 Å². The normalized spacial score (nSPS) is 28.2. The van der Waals surface area contributed by atoms with Crippen LogP contribution < -0.4 is 5.73 Å². The Kier molecular flexibility index (Phi) is 2.70. The van der Waals surface area contributed by atoms with Gasteiger partial charge in [-0.15, -0.1) is 11.3 Å². The fourth-order valence-electron chi connectivity index (χ4n) is 2.51. The van der Waals surface area contributed by atoms with Crippen molar-refractivity contribution in [2.45, 2.75) is 32.1 Å². The first-order valence-corrected chi connectivity index (χ1v) is 5.95. The highest BCUT2D eigenvalue weighted by molar-refractivity contribution is 7.10. The molecule has 0 spiro atoms. The highest BCUT2D eigenvalue weighted by atomic mass is 32.1. The number of nitrogens with two attached hydrogens (primary N) is 1. The Balaban J connectivity index is 2.20. The maximum atomic E-state index is 5.78. The SMILES string of the molecule is Cc1sccc1C1CCCC1CN. The average molecular weight is 195 g/mol. The summed E-state index contributed by atoms with van der Waals surface area (Å²) in [5, 5.41) is 2.20. The summed E-state index contributed by atoms with van der Waals surface area (Å²) < 4.78 is 0. The summed E-state index contributed by atoms with van der Waals surface area (Å²) >= 11 is 1.86. The van der Waals surface area contributed by atoms with Gasteiger partial charge < -0.3 is 5.73 Å². The maximum Gasteiger partial charge on any atom is 0.00491 e. The molecule has 2 rings (SSSR count). The molecule has 1 fully saturated rings. The molecule has 72 valence electrons.